The molecule has 0 aliphatic carbocycles. The molecule has 4 rings (SSSR count). The van der Waals surface area contributed by atoms with Gasteiger partial charge in [-0.2, -0.15) is 0 Å². The molecule has 1 aromatic heterocycles. The van der Waals surface area contributed by atoms with Crippen LogP contribution in [0.5, 0.6) is 11.5 Å². The lowest BCUT2D eigenvalue weighted by molar-refractivity contribution is 0.103. The van der Waals surface area contributed by atoms with E-state index in [1.807, 2.05) is 11.4 Å². The number of aliphatic hydroxyl groups is 1. The first-order valence-corrected chi connectivity index (χ1v) is 9.59. The predicted molar refractivity (Wildman–Crippen MR) is 105 cm³/mol. The molecule has 2 aromatic carbocycles. The first-order valence-electron chi connectivity index (χ1n) is 8.34. The van der Waals surface area contributed by atoms with Crippen molar-refractivity contribution in [3.63, 3.8) is 0 Å². The van der Waals surface area contributed by atoms with E-state index in [1.54, 1.807) is 42.5 Å². The number of ether oxygens (including phenoxy) is 2. The van der Waals surface area contributed by atoms with Crippen LogP contribution in [0.15, 0.2) is 53.9 Å². The van der Waals surface area contributed by atoms with Crippen molar-refractivity contribution in [1.82, 2.24) is 0 Å². The van der Waals surface area contributed by atoms with Gasteiger partial charge in [-0.3, -0.25) is 4.79 Å². The Hall–Kier alpha value is -2.54. The largest absolute Gasteiger partial charge is 0.486 e. The summed E-state index contributed by atoms with van der Waals surface area (Å²) in [5.74, 6) is 0.833. The zero-order valence-electron chi connectivity index (χ0n) is 14.1. The maximum atomic E-state index is 12.5. The molecule has 2 N–H and O–H groups in total. The Bertz CT molecular complexity index is 957. The quantitative estimate of drug-likeness (QED) is 0.675. The fourth-order valence-electron chi connectivity index (χ4n) is 2.86. The molecule has 3 aromatic rings. The summed E-state index contributed by atoms with van der Waals surface area (Å²) in [6.45, 7) is 0.870. The summed E-state index contributed by atoms with van der Waals surface area (Å²) in [5.41, 5.74) is 1.65. The number of halogens is 1. The predicted octanol–water partition coefficient (Wildman–Crippen LogP) is 4.51. The molecule has 1 atom stereocenters. The molecule has 0 unspecified atom stereocenters. The third-order valence-electron chi connectivity index (χ3n) is 4.19. The molecule has 0 spiro atoms. The Morgan fingerprint density at radius 3 is 2.48 bits per heavy atom. The molecular weight excluding hydrogens is 386 g/mol. The Morgan fingerprint density at radius 1 is 1.11 bits per heavy atom. The summed E-state index contributed by atoms with van der Waals surface area (Å²) in [7, 11) is 0. The van der Waals surface area contributed by atoms with E-state index in [2.05, 4.69) is 5.32 Å². The summed E-state index contributed by atoms with van der Waals surface area (Å²) >= 11 is 7.29. The van der Waals surface area contributed by atoms with E-state index in [0.717, 1.165) is 0 Å². The molecule has 0 radical (unpaired) electrons. The van der Waals surface area contributed by atoms with Crippen LogP contribution in [0.2, 0.25) is 5.02 Å². The van der Waals surface area contributed by atoms with E-state index in [4.69, 9.17) is 21.1 Å². The van der Waals surface area contributed by atoms with Crippen molar-refractivity contribution in [2.45, 2.75) is 6.10 Å². The molecule has 2 heterocycles. The average Bonchev–Trinajstić information content (AvgIpc) is 3.22. The Labute approximate surface area is 165 Å². The topological polar surface area (TPSA) is 67.8 Å². The number of rotatable bonds is 4. The van der Waals surface area contributed by atoms with E-state index in [-0.39, 0.29) is 5.91 Å². The lowest BCUT2D eigenvalue weighted by Gasteiger charge is -2.23. The number of hydrogen-bond donors (Lipinski definition) is 2. The number of nitrogens with one attached hydrogen (secondary N) is 1. The van der Waals surface area contributed by atoms with Crippen LogP contribution in [0.4, 0.5) is 5.69 Å². The summed E-state index contributed by atoms with van der Waals surface area (Å²) in [6, 6.07) is 13.9. The number of aliphatic hydroxyl groups excluding tert-OH is 1. The van der Waals surface area contributed by atoms with Crippen molar-refractivity contribution in [2.24, 2.45) is 0 Å². The molecule has 5 nitrogen and oxygen atoms in total. The van der Waals surface area contributed by atoms with Crippen LogP contribution in [-0.2, 0) is 0 Å². The van der Waals surface area contributed by atoms with Gasteiger partial charge < -0.3 is 19.9 Å². The van der Waals surface area contributed by atoms with E-state index in [0.29, 0.717) is 51.4 Å². The Kier molecular flexibility index (Phi) is 5.03. The number of carbonyl (C=O) groups excluding carboxylic acids is 1. The van der Waals surface area contributed by atoms with Crippen molar-refractivity contribution >= 4 is 34.5 Å². The molecule has 0 saturated heterocycles. The number of hydrogen-bond acceptors (Lipinski definition) is 5. The van der Waals surface area contributed by atoms with Crippen LogP contribution in [-0.4, -0.2) is 24.2 Å². The van der Waals surface area contributed by atoms with Crippen molar-refractivity contribution < 1.29 is 19.4 Å². The summed E-state index contributed by atoms with van der Waals surface area (Å²) in [6.07, 6.45) is -0.961. The molecule has 0 bridgehead atoms. The third-order valence-corrected chi connectivity index (χ3v) is 5.31. The highest BCUT2D eigenvalue weighted by Crippen LogP contribution is 2.40. The highest BCUT2D eigenvalue weighted by molar-refractivity contribution is 7.12. The Morgan fingerprint density at radius 2 is 1.81 bits per heavy atom. The van der Waals surface area contributed by atoms with Gasteiger partial charge >= 0.3 is 0 Å². The van der Waals surface area contributed by atoms with Crippen LogP contribution in [0.25, 0.3) is 0 Å². The summed E-state index contributed by atoms with van der Waals surface area (Å²) in [4.78, 5) is 13.1. The summed E-state index contributed by atoms with van der Waals surface area (Å²) in [5, 5.41) is 16.2. The SMILES string of the molecule is O=C(Nc1cc2c(cc1[C@H](O)c1ccc(Cl)cc1)OCCO2)c1cccs1. The number of thiophene rings is 1. The molecule has 1 aliphatic rings. The van der Waals surface area contributed by atoms with Gasteiger partial charge in [-0.05, 0) is 35.2 Å². The van der Waals surface area contributed by atoms with Crippen LogP contribution >= 0.6 is 22.9 Å². The van der Waals surface area contributed by atoms with E-state index < -0.39 is 6.10 Å². The second-order valence-electron chi connectivity index (χ2n) is 5.97. The number of benzene rings is 2. The fraction of sp³-hybridized carbons (Fsp3) is 0.150. The lowest BCUT2D eigenvalue weighted by atomic mass is 9.99. The standard InChI is InChI=1S/C20H16ClNO4S/c21-13-5-3-12(4-6-13)19(23)14-10-16-17(26-8-7-25-16)11-15(14)22-20(24)18-2-1-9-27-18/h1-6,9-11,19,23H,7-8H2,(H,22,24)/t19-/m1/s1. The van der Waals surface area contributed by atoms with Gasteiger partial charge in [0, 0.05) is 16.7 Å². The molecule has 1 amide bonds. The van der Waals surface area contributed by atoms with Gasteiger partial charge in [0.1, 0.15) is 19.3 Å². The zero-order valence-corrected chi connectivity index (χ0v) is 15.7. The van der Waals surface area contributed by atoms with Crippen molar-refractivity contribution in [1.29, 1.82) is 0 Å². The molecule has 27 heavy (non-hydrogen) atoms. The molecule has 1 aliphatic heterocycles. The van der Waals surface area contributed by atoms with Gasteiger partial charge in [0.05, 0.1) is 10.6 Å². The maximum absolute atomic E-state index is 12.5. The van der Waals surface area contributed by atoms with Crippen molar-refractivity contribution in [3.8, 4) is 11.5 Å². The van der Waals surface area contributed by atoms with E-state index >= 15 is 0 Å². The highest BCUT2D eigenvalue weighted by atomic mass is 35.5. The highest BCUT2D eigenvalue weighted by Gasteiger charge is 2.23. The normalized spacial score (nSPS) is 13.9. The van der Waals surface area contributed by atoms with Crippen molar-refractivity contribution in [2.75, 3.05) is 18.5 Å². The van der Waals surface area contributed by atoms with E-state index in [1.165, 1.54) is 11.3 Å². The second-order valence-corrected chi connectivity index (χ2v) is 7.35. The summed E-state index contributed by atoms with van der Waals surface area (Å²) < 4.78 is 11.3. The van der Waals surface area contributed by atoms with Crippen LogP contribution < -0.4 is 14.8 Å². The average molecular weight is 402 g/mol. The number of amides is 1. The third kappa shape index (κ3) is 3.78. The van der Waals surface area contributed by atoms with Gasteiger partial charge in [0.15, 0.2) is 11.5 Å². The van der Waals surface area contributed by atoms with Crippen LogP contribution in [0, 0.1) is 0 Å². The van der Waals surface area contributed by atoms with Crippen LogP contribution in [0.3, 0.4) is 0 Å². The molecule has 7 heteroatoms. The first kappa shape index (κ1) is 17.9. The lowest BCUT2D eigenvalue weighted by Crippen LogP contribution is -2.18. The molecule has 0 fully saturated rings. The minimum Gasteiger partial charge on any atom is -0.486 e. The van der Waals surface area contributed by atoms with Gasteiger partial charge in [-0.15, -0.1) is 11.3 Å². The molecule has 0 saturated carbocycles. The monoisotopic (exact) mass is 401 g/mol. The maximum Gasteiger partial charge on any atom is 0.265 e. The number of fused-ring (bicyclic) bond motifs is 1. The van der Waals surface area contributed by atoms with Gasteiger partial charge in [0.25, 0.3) is 5.91 Å². The Balaban J connectivity index is 1.73. The number of anilines is 1. The van der Waals surface area contributed by atoms with Gasteiger partial charge in [0.2, 0.25) is 0 Å². The smallest absolute Gasteiger partial charge is 0.265 e. The number of carbonyl (C=O) groups is 1. The van der Waals surface area contributed by atoms with Crippen molar-refractivity contribution in [3.05, 3.63) is 74.9 Å². The fourth-order valence-corrected chi connectivity index (χ4v) is 3.60. The first-order chi connectivity index (χ1) is 13.1. The van der Waals surface area contributed by atoms with Gasteiger partial charge in [-0.25, -0.2) is 0 Å². The minimum absolute atomic E-state index is 0.244. The molecular formula is C20H16ClNO4S. The molecule has 138 valence electrons. The second kappa shape index (κ2) is 7.60. The van der Waals surface area contributed by atoms with Gasteiger partial charge in [-0.1, -0.05) is 29.8 Å². The van der Waals surface area contributed by atoms with E-state index in [9.17, 15) is 9.90 Å². The van der Waals surface area contributed by atoms with Crippen LogP contribution in [0.1, 0.15) is 26.9 Å². The zero-order chi connectivity index (χ0) is 18.8. The minimum atomic E-state index is -0.961.